The molecule has 9 heteroatoms. The lowest BCUT2D eigenvalue weighted by atomic mass is 9.70. The number of aliphatic hydroxyl groups excluding tert-OH is 1. The molecule has 3 amide bonds. The van der Waals surface area contributed by atoms with Gasteiger partial charge >= 0.3 is 0 Å². The van der Waals surface area contributed by atoms with Gasteiger partial charge in [-0.15, -0.1) is 11.8 Å². The summed E-state index contributed by atoms with van der Waals surface area (Å²) in [7, 11) is 0. The standard InChI is InChI=1S/C33H42BrN3O4S/c1-31(2,3)19-32(4,5)36-29(40)27-33-16-22(34)26(42-33)24(28(39)35-17-20-12-8-6-9-13-20)25(33)30(41)37(27)23(18-38)21-14-10-7-11-15-21/h6-15,22-27,38H,16-19H2,1-5H3,(H,35,39)(H,36,40)/t22?,23-,24+,25+,26+,27?,33?/m1/s1. The first-order valence-electron chi connectivity index (χ1n) is 14.7. The highest BCUT2D eigenvalue weighted by Gasteiger charge is 2.76. The van der Waals surface area contributed by atoms with Crippen LogP contribution < -0.4 is 10.6 Å². The molecule has 0 aromatic heterocycles. The summed E-state index contributed by atoms with van der Waals surface area (Å²) in [5, 5.41) is 16.9. The molecule has 2 aromatic rings. The molecule has 0 radical (unpaired) electrons. The normalized spacial score (nSPS) is 29.4. The lowest BCUT2D eigenvalue weighted by Gasteiger charge is -2.40. The quantitative estimate of drug-likeness (QED) is 0.336. The van der Waals surface area contributed by atoms with Crippen molar-refractivity contribution in [1.29, 1.82) is 0 Å². The molecule has 3 fully saturated rings. The molecule has 3 heterocycles. The molecule has 7 nitrogen and oxygen atoms in total. The number of carbonyl (C=O) groups is 3. The average molecular weight is 657 g/mol. The number of rotatable bonds is 9. The third-order valence-electron chi connectivity index (χ3n) is 8.71. The van der Waals surface area contributed by atoms with Gasteiger partial charge in [-0.05, 0) is 43.2 Å². The molecular weight excluding hydrogens is 614 g/mol. The number of nitrogens with one attached hydrogen (secondary N) is 2. The molecule has 3 aliphatic heterocycles. The van der Waals surface area contributed by atoms with Gasteiger partial charge in [-0.2, -0.15) is 0 Å². The van der Waals surface area contributed by atoms with E-state index in [4.69, 9.17) is 0 Å². The summed E-state index contributed by atoms with van der Waals surface area (Å²) in [6.07, 6.45) is 1.33. The number of amides is 3. The third kappa shape index (κ3) is 5.76. The van der Waals surface area contributed by atoms with E-state index in [2.05, 4.69) is 47.3 Å². The van der Waals surface area contributed by atoms with Gasteiger partial charge in [0.25, 0.3) is 0 Å². The van der Waals surface area contributed by atoms with Crippen molar-refractivity contribution in [2.45, 2.75) is 86.5 Å². The van der Waals surface area contributed by atoms with Crippen LogP contribution in [0.1, 0.15) is 64.6 Å². The minimum Gasteiger partial charge on any atom is -0.394 e. The van der Waals surface area contributed by atoms with E-state index in [0.717, 1.165) is 17.5 Å². The number of hydrogen-bond donors (Lipinski definition) is 3. The van der Waals surface area contributed by atoms with Crippen LogP contribution in [0.4, 0.5) is 0 Å². The second-order valence-electron chi connectivity index (χ2n) is 13.8. The van der Waals surface area contributed by atoms with Gasteiger partial charge in [0.1, 0.15) is 6.04 Å². The zero-order valence-corrected chi connectivity index (χ0v) is 27.4. The van der Waals surface area contributed by atoms with Crippen LogP contribution in [-0.2, 0) is 20.9 Å². The second kappa shape index (κ2) is 11.6. The van der Waals surface area contributed by atoms with E-state index in [9.17, 15) is 19.5 Å². The molecule has 0 aliphatic carbocycles. The summed E-state index contributed by atoms with van der Waals surface area (Å²) >= 11 is 5.45. The Hall–Kier alpha value is -2.36. The fraction of sp³-hybridized carbons (Fsp3) is 0.545. The highest BCUT2D eigenvalue weighted by atomic mass is 79.9. The van der Waals surface area contributed by atoms with Crippen LogP contribution in [0.3, 0.4) is 0 Å². The maximum Gasteiger partial charge on any atom is 0.244 e. The number of aliphatic hydroxyl groups is 1. The first kappa shape index (κ1) is 31.1. The summed E-state index contributed by atoms with van der Waals surface area (Å²) in [4.78, 5) is 44.5. The SMILES string of the molecule is CC(C)(C)CC(C)(C)NC(=O)C1N([C@H](CO)c2ccccc2)C(=O)[C@@H]2[C@H](C(=O)NCc3ccccc3)[C@H]3SC12CC3Br. The minimum atomic E-state index is -0.839. The van der Waals surface area contributed by atoms with E-state index < -0.39 is 34.2 Å². The van der Waals surface area contributed by atoms with Gasteiger partial charge in [-0.1, -0.05) is 97.4 Å². The van der Waals surface area contributed by atoms with E-state index in [1.807, 2.05) is 74.5 Å². The lowest BCUT2D eigenvalue weighted by molar-refractivity contribution is -0.143. The number of thioether (sulfide) groups is 1. The largest absolute Gasteiger partial charge is 0.394 e. The second-order valence-corrected chi connectivity index (χ2v) is 16.5. The van der Waals surface area contributed by atoms with Crippen molar-refractivity contribution in [3.8, 4) is 0 Å². The Kier molecular flexibility index (Phi) is 8.60. The Morgan fingerprint density at radius 1 is 1.05 bits per heavy atom. The Labute approximate surface area is 261 Å². The molecule has 0 saturated carbocycles. The first-order valence-corrected chi connectivity index (χ1v) is 16.5. The van der Waals surface area contributed by atoms with Crippen molar-refractivity contribution in [1.82, 2.24) is 15.5 Å². The van der Waals surface area contributed by atoms with Crippen molar-refractivity contribution in [3.05, 3.63) is 71.8 Å². The molecule has 226 valence electrons. The Morgan fingerprint density at radius 3 is 2.26 bits per heavy atom. The van der Waals surface area contributed by atoms with E-state index >= 15 is 0 Å². The fourth-order valence-electron chi connectivity index (χ4n) is 7.71. The number of fused-ring (bicyclic) bond motifs is 1. The van der Waals surface area contributed by atoms with Crippen LogP contribution in [0.15, 0.2) is 60.7 Å². The number of nitrogens with zero attached hydrogens (tertiary/aromatic N) is 1. The summed E-state index contributed by atoms with van der Waals surface area (Å²) in [5.74, 6) is -1.90. The molecule has 3 N–H and O–H groups in total. The summed E-state index contributed by atoms with van der Waals surface area (Å²) in [6, 6.07) is 17.5. The van der Waals surface area contributed by atoms with Gasteiger partial charge in [0.05, 0.1) is 29.2 Å². The molecule has 3 unspecified atom stereocenters. The monoisotopic (exact) mass is 655 g/mol. The summed E-state index contributed by atoms with van der Waals surface area (Å²) in [6.45, 7) is 10.5. The molecule has 7 atom stereocenters. The molecule has 42 heavy (non-hydrogen) atoms. The number of halogens is 1. The maximum absolute atomic E-state index is 14.6. The highest BCUT2D eigenvalue weighted by molar-refractivity contribution is 9.09. The minimum absolute atomic E-state index is 0.0239. The molecule has 2 aromatic carbocycles. The van der Waals surface area contributed by atoms with Crippen LogP contribution >= 0.6 is 27.7 Å². The van der Waals surface area contributed by atoms with E-state index in [1.165, 1.54) is 0 Å². The van der Waals surface area contributed by atoms with Crippen LogP contribution in [0, 0.1) is 17.3 Å². The number of alkyl halides is 1. The number of likely N-dealkylation sites (tertiary alicyclic amines) is 1. The van der Waals surface area contributed by atoms with Crippen LogP contribution in [-0.4, -0.2) is 60.7 Å². The van der Waals surface area contributed by atoms with E-state index in [1.54, 1.807) is 16.7 Å². The molecule has 3 aliphatic rings. The molecule has 2 bridgehead atoms. The fourth-order valence-corrected chi connectivity index (χ4v) is 11.3. The zero-order chi connectivity index (χ0) is 30.4. The van der Waals surface area contributed by atoms with Gasteiger partial charge in [0.2, 0.25) is 17.7 Å². The predicted molar refractivity (Wildman–Crippen MR) is 170 cm³/mol. The Bertz CT molecular complexity index is 1320. The van der Waals surface area contributed by atoms with Gasteiger partial charge < -0.3 is 20.6 Å². The molecule has 3 saturated heterocycles. The number of benzene rings is 2. The van der Waals surface area contributed by atoms with Crippen molar-refractivity contribution < 1.29 is 19.5 Å². The average Bonchev–Trinajstić information content (AvgIpc) is 3.51. The molecule has 5 rings (SSSR count). The smallest absolute Gasteiger partial charge is 0.244 e. The summed E-state index contributed by atoms with van der Waals surface area (Å²) in [5.41, 5.74) is 1.19. The highest BCUT2D eigenvalue weighted by Crippen LogP contribution is 2.68. The van der Waals surface area contributed by atoms with Crippen LogP contribution in [0.2, 0.25) is 0 Å². The van der Waals surface area contributed by atoms with Crippen LogP contribution in [0.5, 0.6) is 0 Å². The van der Waals surface area contributed by atoms with Crippen molar-refractivity contribution in [3.63, 3.8) is 0 Å². The van der Waals surface area contributed by atoms with Gasteiger partial charge in [0, 0.05) is 22.2 Å². The third-order valence-corrected chi connectivity index (χ3v) is 11.9. The maximum atomic E-state index is 14.6. The number of hydrogen-bond acceptors (Lipinski definition) is 5. The van der Waals surface area contributed by atoms with Gasteiger partial charge in [-0.3, -0.25) is 14.4 Å². The molecular formula is C33H42BrN3O4S. The topological polar surface area (TPSA) is 98.7 Å². The molecule has 1 spiro atoms. The van der Waals surface area contributed by atoms with E-state index in [0.29, 0.717) is 13.0 Å². The van der Waals surface area contributed by atoms with Gasteiger partial charge in [0.15, 0.2) is 0 Å². The van der Waals surface area contributed by atoms with Crippen LogP contribution in [0.25, 0.3) is 0 Å². The van der Waals surface area contributed by atoms with Crippen molar-refractivity contribution in [2.75, 3.05) is 6.61 Å². The van der Waals surface area contributed by atoms with Crippen molar-refractivity contribution >= 4 is 45.4 Å². The van der Waals surface area contributed by atoms with Crippen molar-refractivity contribution in [2.24, 2.45) is 17.3 Å². The lowest BCUT2D eigenvalue weighted by Crippen LogP contribution is -2.59. The Morgan fingerprint density at radius 2 is 1.67 bits per heavy atom. The van der Waals surface area contributed by atoms with Gasteiger partial charge in [-0.25, -0.2) is 0 Å². The zero-order valence-electron chi connectivity index (χ0n) is 25.0. The predicted octanol–water partition coefficient (Wildman–Crippen LogP) is 4.83. The summed E-state index contributed by atoms with van der Waals surface area (Å²) < 4.78 is -0.797. The Balaban J connectivity index is 1.53. The number of carbonyl (C=O) groups excluding carboxylic acids is 3. The first-order chi connectivity index (χ1) is 19.8. The van der Waals surface area contributed by atoms with E-state index in [-0.39, 0.29) is 39.8 Å².